The van der Waals surface area contributed by atoms with Crippen LogP contribution in [-0.4, -0.2) is 4.57 Å². The summed E-state index contributed by atoms with van der Waals surface area (Å²) in [6.45, 7) is 1.10. The van der Waals surface area contributed by atoms with Crippen molar-refractivity contribution in [3.8, 4) is 16.9 Å². The second kappa shape index (κ2) is 6.25. The average Bonchev–Trinajstić information content (AvgIpc) is 2.96. The van der Waals surface area contributed by atoms with Crippen molar-refractivity contribution in [2.45, 2.75) is 25.8 Å². The van der Waals surface area contributed by atoms with Crippen LogP contribution in [0.1, 0.15) is 18.7 Å². The zero-order valence-corrected chi connectivity index (χ0v) is 15.8. The minimum atomic E-state index is 1.10. The monoisotopic (exact) mass is 431 g/mol. The van der Waals surface area contributed by atoms with E-state index in [0.717, 1.165) is 21.9 Å². The van der Waals surface area contributed by atoms with E-state index in [2.05, 4.69) is 95.7 Å². The van der Waals surface area contributed by atoms with Gasteiger partial charge in [-0.25, -0.2) is 4.57 Å². The van der Waals surface area contributed by atoms with Crippen LogP contribution in [0.5, 0.6) is 0 Å². The molecule has 0 spiro atoms. The largest absolute Gasteiger partial charge is 0.262 e. The van der Waals surface area contributed by atoms with Gasteiger partial charge < -0.3 is 0 Å². The Bertz CT molecular complexity index is 763. The van der Waals surface area contributed by atoms with Crippen LogP contribution in [0.3, 0.4) is 0 Å². The number of aromatic nitrogens is 2. The predicted molar refractivity (Wildman–Crippen MR) is 99.7 cm³/mol. The molecule has 0 bridgehead atoms. The third kappa shape index (κ3) is 2.90. The maximum atomic E-state index is 3.53. The molecule has 2 heterocycles. The highest BCUT2D eigenvalue weighted by Gasteiger charge is 2.27. The van der Waals surface area contributed by atoms with Gasteiger partial charge in [0.1, 0.15) is 11.9 Å². The van der Waals surface area contributed by atoms with Gasteiger partial charge in [-0.3, -0.25) is 0 Å². The Balaban J connectivity index is 1.87. The smallest absolute Gasteiger partial charge is 0.227 e. The number of fused-ring (bicyclic) bond motifs is 1. The molecule has 0 N–H and O–H groups in total. The summed E-state index contributed by atoms with van der Waals surface area (Å²) in [5.41, 5.74) is 3.80. The normalized spacial score (nSPS) is 13.8. The van der Waals surface area contributed by atoms with E-state index in [1.54, 1.807) is 0 Å². The first-order chi connectivity index (χ1) is 11.2. The van der Waals surface area contributed by atoms with Gasteiger partial charge in [-0.2, -0.15) is 4.57 Å². The van der Waals surface area contributed by atoms with E-state index in [4.69, 9.17) is 0 Å². The van der Waals surface area contributed by atoms with Crippen LogP contribution in [0.2, 0.25) is 0 Å². The molecular weight excluding hydrogens is 416 g/mol. The second-order valence-corrected chi connectivity index (χ2v) is 7.72. The Labute approximate surface area is 153 Å². The molecule has 0 unspecified atom stereocenters. The fraction of sp³-hybridized carbons (Fsp3) is 0.211. The highest BCUT2D eigenvalue weighted by molar-refractivity contribution is 9.10. The number of hydrogen-bond donors (Lipinski definition) is 0. The molecule has 0 radical (unpaired) electrons. The zero-order valence-electron chi connectivity index (χ0n) is 12.7. The van der Waals surface area contributed by atoms with Crippen LogP contribution >= 0.6 is 31.9 Å². The third-order valence-corrected chi connectivity index (χ3v) is 5.47. The lowest BCUT2D eigenvalue weighted by Gasteiger charge is -2.11. The van der Waals surface area contributed by atoms with E-state index in [9.17, 15) is 0 Å². The van der Waals surface area contributed by atoms with E-state index in [1.165, 1.54) is 35.6 Å². The molecule has 0 fully saturated rings. The summed E-state index contributed by atoms with van der Waals surface area (Å²) in [4.78, 5) is 0. The fourth-order valence-corrected chi connectivity index (χ4v) is 3.80. The maximum absolute atomic E-state index is 3.53. The van der Waals surface area contributed by atoms with E-state index >= 15 is 0 Å². The Hall–Kier alpha value is -1.39. The lowest BCUT2D eigenvalue weighted by Crippen LogP contribution is -2.42. The molecule has 4 heteroatoms. The van der Waals surface area contributed by atoms with Gasteiger partial charge in [-0.15, -0.1) is 0 Å². The van der Waals surface area contributed by atoms with Gasteiger partial charge >= 0.3 is 0 Å². The Morgan fingerprint density at radius 2 is 1.48 bits per heavy atom. The summed E-state index contributed by atoms with van der Waals surface area (Å²) in [6, 6.07) is 17.2. The highest BCUT2D eigenvalue weighted by Crippen LogP contribution is 2.25. The van der Waals surface area contributed by atoms with E-state index < -0.39 is 0 Å². The molecule has 116 valence electrons. The molecular formula is C19H17Br2N2+. The summed E-state index contributed by atoms with van der Waals surface area (Å²) < 4.78 is 7.06. The minimum absolute atomic E-state index is 1.10. The van der Waals surface area contributed by atoms with Crippen molar-refractivity contribution >= 4 is 31.9 Å². The Morgan fingerprint density at radius 1 is 0.826 bits per heavy atom. The SMILES string of the molecule is Brc1ccc(-c2cn(-c3ccc(Br)cc3)c3[n+]2CCCC3)cc1. The first kappa shape index (κ1) is 15.2. The molecule has 0 atom stereocenters. The van der Waals surface area contributed by atoms with Crippen LogP contribution in [-0.2, 0) is 13.0 Å². The lowest BCUT2D eigenvalue weighted by molar-refractivity contribution is -0.698. The third-order valence-electron chi connectivity index (χ3n) is 4.41. The van der Waals surface area contributed by atoms with Crippen LogP contribution in [0, 0.1) is 0 Å². The summed E-state index contributed by atoms with van der Waals surface area (Å²) in [5.74, 6) is 1.40. The van der Waals surface area contributed by atoms with Crippen LogP contribution in [0.15, 0.2) is 63.7 Å². The summed E-state index contributed by atoms with van der Waals surface area (Å²) in [7, 11) is 0. The summed E-state index contributed by atoms with van der Waals surface area (Å²) >= 11 is 7.05. The van der Waals surface area contributed by atoms with E-state index in [0.29, 0.717) is 0 Å². The minimum Gasteiger partial charge on any atom is -0.227 e. The molecule has 1 aromatic heterocycles. The fourth-order valence-electron chi connectivity index (χ4n) is 3.27. The maximum Gasteiger partial charge on any atom is 0.262 e. The predicted octanol–water partition coefficient (Wildman–Crippen LogP) is 5.29. The Morgan fingerprint density at radius 3 is 2.17 bits per heavy atom. The van der Waals surface area contributed by atoms with E-state index in [-0.39, 0.29) is 0 Å². The number of imidazole rings is 1. The van der Waals surface area contributed by atoms with Gasteiger partial charge in [0.2, 0.25) is 0 Å². The van der Waals surface area contributed by atoms with Gasteiger partial charge in [0.15, 0.2) is 5.69 Å². The highest BCUT2D eigenvalue weighted by atomic mass is 79.9. The molecule has 2 nitrogen and oxygen atoms in total. The van der Waals surface area contributed by atoms with Crippen LogP contribution in [0.4, 0.5) is 0 Å². The number of halogens is 2. The standard InChI is InChI=1S/C19H17Br2N2/c20-15-6-4-14(5-7-15)18-13-23(17-10-8-16(21)9-11-17)19-3-1-2-12-22(18)19/h4-11,13H,1-3,12H2/q+1. The Kier molecular flexibility index (Phi) is 4.12. The van der Waals surface area contributed by atoms with Gasteiger partial charge in [-0.1, -0.05) is 31.9 Å². The van der Waals surface area contributed by atoms with Crippen molar-refractivity contribution in [1.29, 1.82) is 0 Å². The molecule has 23 heavy (non-hydrogen) atoms. The van der Waals surface area contributed by atoms with Gasteiger partial charge in [-0.05, 0) is 61.4 Å². The molecule has 2 aromatic carbocycles. The van der Waals surface area contributed by atoms with Gasteiger partial charge in [0.05, 0.1) is 6.54 Å². The van der Waals surface area contributed by atoms with Crippen LogP contribution in [0.25, 0.3) is 16.9 Å². The zero-order chi connectivity index (χ0) is 15.8. The molecule has 0 aliphatic carbocycles. The molecule has 4 rings (SSSR count). The second-order valence-electron chi connectivity index (χ2n) is 5.89. The van der Waals surface area contributed by atoms with Crippen molar-refractivity contribution < 1.29 is 4.57 Å². The molecule has 1 aliphatic heterocycles. The van der Waals surface area contributed by atoms with E-state index in [1.807, 2.05) is 0 Å². The molecule has 0 saturated heterocycles. The van der Waals surface area contributed by atoms with Gasteiger partial charge in [0, 0.05) is 20.9 Å². The van der Waals surface area contributed by atoms with Crippen molar-refractivity contribution in [1.82, 2.24) is 4.57 Å². The first-order valence-corrected chi connectivity index (χ1v) is 9.47. The molecule has 1 aliphatic rings. The van der Waals surface area contributed by atoms with Crippen LogP contribution < -0.4 is 4.57 Å². The number of benzene rings is 2. The number of nitrogens with zero attached hydrogens (tertiary/aromatic N) is 2. The molecule has 3 aromatic rings. The van der Waals surface area contributed by atoms with Crippen molar-refractivity contribution in [2.75, 3.05) is 0 Å². The summed E-state index contributed by atoms with van der Waals surface area (Å²) in [5, 5.41) is 0. The molecule has 0 amide bonds. The quantitative estimate of drug-likeness (QED) is 0.486. The van der Waals surface area contributed by atoms with Crippen molar-refractivity contribution in [3.05, 3.63) is 69.5 Å². The first-order valence-electron chi connectivity index (χ1n) is 7.88. The lowest BCUT2D eigenvalue weighted by atomic mass is 10.1. The van der Waals surface area contributed by atoms with Crippen molar-refractivity contribution in [2.24, 2.45) is 0 Å². The average molecular weight is 433 g/mol. The summed E-state index contributed by atoms with van der Waals surface area (Å²) in [6.07, 6.45) is 5.94. The number of rotatable bonds is 2. The van der Waals surface area contributed by atoms with Crippen molar-refractivity contribution in [3.63, 3.8) is 0 Å². The number of hydrogen-bond acceptors (Lipinski definition) is 0. The topological polar surface area (TPSA) is 8.81 Å². The molecule has 0 saturated carbocycles. The van der Waals surface area contributed by atoms with Gasteiger partial charge in [0.25, 0.3) is 5.82 Å².